The Morgan fingerprint density at radius 1 is 1.38 bits per heavy atom. The minimum absolute atomic E-state index is 0.160. The molecule has 0 saturated carbocycles. The predicted molar refractivity (Wildman–Crippen MR) is 90.9 cm³/mol. The molecule has 1 aromatic heterocycles. The first kappa shape index (κ1) is 18.4. The molecular formula is C17H28N4O3. The third kappa shape index (κ3) is 5.06. The Morgan fingerprint density at radius 3 is 2.75 bits per heavy atom. The van der Waals surface area contributed by atoms with Gasteiger partial charge in [-0.15, -0.1) is 0 Å². The van der Waals surface area contributed by atoms with Gasteiger partial charge in [-0.2, -0.15) is 0 Å². The van der Waals surface area contributed by atoms with E-state index in [1.165, 1.54) is 0 Å². The van der Waals surface area contributed by atoms with Gasteiger partial charge < -0.3 is 14.4 Å². The van der Waals surface area contributed by atoms with Crippen LogP contribution in [0.1, 0.15) is 39.3 Å². The average Bonchev–Trinajstić information content (AvgIpc) is 2.94. The van der Waals surface area contributed by atoms with Gasteiger partial charge in [-0.25, -0.2) is 9.78 Å². The Hall–Kier alpha value is -1.89. The van der Waals surface area contributed by atoms with E-state index >= 15 is 0 Å². The Kier molecular flexibility index (Phi) is 5.99. The predicted octanol–water partition coefficient (Wildman–Crippen LogP) is 2.32. The maximum atomic E-state index is 12.4. The number of likely N-dealkylation sites (N-methyl/N-ethyl adjacent to an activating group) is 1. The van der Waals surface area contributed by atoms with Crippen molar-refractivity contribution in [1.29, 1.82) is 0 Å². The van der Waals surface area contributed by atoms with Crippen LogP contribution in [0.4, 0.5) is 4.79 Å². The van der Waals surface area contributed by atoms with Gasteiger partial charge in [0.1, 0.15) is 11.3 Å². The smallest absolute Gasteiger partial charge is 0.410 e. The van der Waals surface area contributed by atoms with Gasteiger partial charge in [0.25, 0.3) is 0 Å². The average molecular weight is 336 g/mol. The zero-order valence-electron chi connectivity index (χ0n) is 15.3. The Morgan fingerprint density at radius 2 is 2.08 bits per heavy atom. The molecule has 0 aliphatic carbocycles. The number of amides is 1. The second kappa shape index (κ2) is 7.79. The van der Waals surface area contributed by atoms with Crippen LogP contribution in [0.15, 0.2) is 12.4 Å². The van der Waals surface area contributed by atoms with Crippen molar-refractivity contribution in [2.24, 2.45) is 0 Å². The fraction of sp³-hybridized carbons (Fsp3) is 0.706. The number of nitrogens with zero attached hydrogens (tertiary/aromatic N) is 4. The second-order valence-corrected chi connectivity index (χ2v) is 7.18. The van der Waals surface area contributed by atoms with E-state index in [1.807, 2.05) is 32.7 Å². The second-order valence-electron chi connectivity index (χ2n) is 7.18. The van der Waals surface area contributed by atoms with Crippen LogP contribution >= 0.6 is 0 Å². The lowest BCUT2D eigenvalue weighted by atomic mass is 10.2. The molecule has 0 bridgehead atoms. The lowest BCUT2D eigenvalue weighted by Gasteiger charge is -2.30. The first-order valence-electron chi connectivity index (χ1n) is 8.32. The van der Waals surface area contributed by atoms with Gasteiger partial charge in [0.15, 0.2) is 0 Å². The Balaban J connectivity index is 1.95. The normalized spacial score (nSPS) is 18.1. The molecule has 1 aliphatic heterocycles. The van der Waals surface area contributed by atoms with Crippen molar-refractivity contribution in [1.82, 2.24) is 19.8 Å². The zero-order chi connectivity index (χ0) is 17.7. The number of rotatable bonds is 5. The summed E-state index contributed by atoms with van der Waals surface area (Å²) in [7, 11) is 3.61. The molecule has 1 saturated heterocycles. The molecule has 0 N–H and O–H groups in total. The van der Waals surface area contributed by atoms with Crippen molar-refractivity contribution in [2.75, 3.05) is 27.2 Å². The summed E-state index contributed by atoms with van der Waals surface area (Å²) in [4.78, 5) is 24.8. The van der Waals surface area contributed by atoms with Crippen LogP contribution in [0, 0.1) is 0 Å². The van der Waals surface area contributed by atoms with E-state index in [-0.39, 0.29) is 12.1 Å². The van der Waals surface area contributed by atoms with Gasteiger partial charge in [-0.05, 0) is 40.7 Å². The first-order chi connectivity index (χ1) is 11.3. The van der Waals surface area contributed by atoms with Gasteiger partial charge in [-0.3, -0.25) is 9.88 Å². The molecule has 1 aromatic rings. The highest BCUT2D eigenvalue weighted by atomic mass is 16.6. The van der Waals surface area contributed by atoms with Gasteiger partial charge >= 0.3 is 6.09 Å². The van der Waals surface area contributed by atoms with Crippen molar-refractivity contribution >= 4 is 6.09 Å². The van der Waals surface area contributed by atoms with E-state index in [2.05, 4.69) is 14.9 Å². The standard InChI is InChI=1S/C17H28N4O3/c1-17(2,3)24-16(22)21-10-6-7-13(21)11-20(4)12-14-15(23-5)19-9-8-18-14/h8-9,13H,6-7,10-12H2,1-5H3. The molecule has 1 atom stereocenters. The maximum Gasteiger partial charge on any atom is 0.410 e. The van der Waals surface area contributed by atoms with Crippen molar-refractivity contribution in [3.63, 3.8) is 0 Å². The van der Waals surface area contributed by atoms with E-state index < -0.39 is 5.60 Å². The van der Waals surface area contributed by atoms with Gasteiger partial charge in [-0.1, -0.05) is 0 Å². The van der Waals surface area contributed by atoms with Crippen LogP contribution in [-0.2, 0) is 11.3 Å². The minimum atomic E-state index is -0.469. The molecule has 0 aromatic carbocycles. The molecule has 7 nitrogen and oxygen atoms in total. The van der Waals surface area contributed by atoms with E-state index in [0.717, 1.165) is 31.6 Å². The van der Waals surface area contributed by atoms with Gasteiger partial charge in [0.2, 0.25) is 5.88 Å². The maximum absolute atomic E-state index is 12.4. The molecule has 134 valence electrons. The van der Waals surface area contributed by atoms with Crippen LogP contribution in [0.3, 0.4) is 0 Å². The first-order valence-corrected chi connectivity index (χ1v) is 8.32. The van der Waals surface area contributed by atoms with E-state index in [4.69, 9.17) is 9.47 Å². The number of ether oxygens (including phenoxy) is 2. The summed E-state index contributed by atoms with van der Waals surface area (Å²) in [5.74, 6) is 0.541. The van der Waals surface area contributed by atoms with Crippen LogP contribution in [0.2, 0.25) is 0 Å². The molecule has 1 amide bonds. The minimum Gasteiger partial charge on any atom is -0.480 e. The number of hydrogen-bond donors (Lipinski definition) is 0. The third-order valence-corrected chi connectivity index (χ3v) is 3.88. The zero-order valence-corrected chi connectivity index (χ0v) is 15.3. The summed E-state index contributed by atoms with van der Waals surface area (Å²) in [6.45, 7) is 7.81. The summed E-state index contributed by atoms with van der Waals surface area (Å²) in [5.41, 5.74) is 0.327. The van der Waals surface area contributed by atoms with Crippen LogP contribution in [-0.4, -0.2) is 64.8 Å². The summed E-state index contributed by atoms with van der Waals surface area (Å²) < 4.78 is 10.8. The van der Waals surface area contributed by atoms with Crippen molar-refractivity contribution < 1.29 is 14.3 Å². The highest BCUT2D eigenvalue weighted by Crippen LogP contribution is 2.22. The monoisotopic (exact) mass is 336 g/mol. The lowest BCUT2D eigenvalue weighted by molar-refractivity contribution is 0.0201. The highest BCUT2D eigenvalue weighted by molar-refractivity contribution is 5.69. The third-order valence-electron chi connectivity index (χ3n) is 3.88. The molecule has 24 heavy (non-hydrogen) atoms. The molecule has 0 radical (unpaired) electrons. The van der Waals surface area contributed by atoms with Crippen molar-refractivity contribution in [3.8, 4) is 5.88 Å². The van der Waals surface area contributed by atoms with E-state index in [0.29, 0.717) is 12.4 Å². The molecule has 1 aliphatic rings. The van der Waals surface area contributed by atoms with Crippen LogP contribution < -0.4 is 4.74 Å². The molecule has 2 rings (SSSR count). The van der Waals surface area contributed by atoms with Gasteiger partial charge in [0.05, 0.1) is 7.11 Å². The fourth-order valence-electron chi connectivity index (χ4n) is 2.90. The lowest BCUT2D eigenvalue weighted by Crippen LogP contribution is -2.44. The SMILES string of the molecule is COc1nccnc1CN(C)CC1CCCN1C(=O)OC(C)(C)C. The number of likely N-dealkylation sites (tertiary alicyclic amines) is 1. The van der Waals surface area contributed by atoms with Gasteiger partial charge in [0, 0.05) is 38.1 Å². The number of hydrogen-bond acceptors (Lipinski definition) is 6. The van der Waals surface area contributed by atoms with E-state index in [9.17, 15) is 4.79 Å². The Labute approximate surface area is 144 Å². The molecule has 0 spiro atoms. The molecule has 1 fully saturated rings. The van der Waals surface area contributed by atoms with Crippen molar-refractivity contribution in [2.45, 2.75) is 51.8 Å². The largest absolute Gasteiger partial charge is 0.480 e. The molecular weight excluding hydrogens is 308 g/mol. The summed E-state index contributed by atoms with van der Waals surface area (Å²) in [6.07, 6.45) is 5.04. The topological polar surface area (TPSA) is 67.8 Å². The quantitative estimate of drug-likeness (QED) is 0.822. The Bertz CT molecular complexity index is 559. The van der Waals surface area contributed by atoms with Crippen LogP contribution in [0.25, 0.3) is 0 Å². The summed E-state index contributed by atoms with van der Waals surface area (Å²) in [6, 6.07) is 0.160. The fourth-order valence-corrected chi connectivity index (χ4v) is 2.90. The highest BCUT2D eigenvalue weighted by Gasteiger charge is 2.32. The van der Waals surface area contributed by atoms with Crippen molar-refractivity contribution in [3.05, 3.63) is 18.1 Å². The number of methoxy groups -OCH3 is 1. The molecule has 1 unspecified atom stereocenters. The van der Waals surface area contributed by atoms with E-state index in [1.54, 1.807) is 19.5 Å². The molecule has 2 heterocycles. The number of aromatic nitrogens is 2. The number of carbonyl (C=O) groups excluding carboxylic acids is 1. The number of carbonyl (C=O) groups is 1. The summed E-state index contributed by atoms with van der Waals surface area (Å²) >= 11 is 0. The molecule has 7 heteroatoms. The summed E-state index contributed by atoms with van der Waals surface area (Å²) in [5, 5.41) is 0. The van der Waals surface area contributed by atoms with Crippen LogP contribution in [0.5, 0.6) is 5.88 Å².